The van der Waals surface area contributed by atoms with E-state index in [0.717, 1.165) is 0 Å². The highest BCUT2D eigenvalue weighted by molar-refractivity contribution is 5.89. The largest absolute Gasteiger partial charge is 0.322 e. The Bertz CT molecular complexity index is 407. The lowest BCUT2D eigenvalue weighted by Gasteiger charge is -2.24. The Morgan fingerprint density at radius 3 is 3.06 bits per heavy atom. The van der Waals surface area contributed by atoms with Crippen LogP contribution in [-0.2, 0) is 0 Å². The third kappa shape index (κ3) is 2.53. The number of amides is 2. The molecule has 2 heterocycles. The third-order valence-corrected chi connectivity index (χ3v) is 2.23. The van der Waals surface area contributed by atoms with Crippen molar-refractivity contribution in [3.05, 3.63) is 30.4 Å². The number of carbonyl (C=O) groups is 1. The molecule has 1 aromatic heterocycles. The summed E-state index contributed by atoms with van der Waals surface area (Å²) in [6.45, 7) is 0.558. The van der Waals surface area contributed by atoms with Gasteiger partial charge in [-0.1, -0.05) is 0 Å². The summed E-state index contributed by atoms with van der Waals surface area (Å²) in [7, 11) is 0. The van der Waals surface area contributed by atoms with Gasteiger partial charge in [0.1, 0.15) is 5.83 Å². The molecule has 0 bridgehead atoms. The maximum absolute atomic E-state index is 12.9. The van der Waals surface area contributed by atoms with Gasteiger partial charge in [-0.05, 0) is 18.6 Å². The summed E-state index contributed by atoms with van der Waals surface area (Å²) in [5.74, 6) is -0.269. The van der Waals surface area contributed by atoms with Crippen LogP contribution in [0.15, 0.2) is 30.4 Å². The van der Waals surface area contributed by atoms with Crippen LogP contribution in [0.3, 0.4) is 0 Å². The number of anilines is 1. The first-order valence-electron chi connectivity index (χ1n) is 4.93. The molecule has 1 aliphatic heterocycles. The number of rotatable bonds is 1. The Labute approximate surface area is 92.0 Å². The first-order chi connectivity index (χ1) is 7.75. The van der Waals surface area contributed by atoms with E-state index < -0.39 is 0 Å². The van der Waals surface area contributed by atoms with Gasteiger partial charge >= 0.3 is 6.03 Å². The van der Waals surface area contributed by atoms with Crippen LogP contribution in [0.4, 0.5) is 14.9 Å². The fourth-order valence-electron chi connectivity index (χ4n) is 1.44. The molecule has 0 unspecified atom stereocenters. The van der Waals surface area contributed by atoms with Gasteiger partial charge in [-0.25, -0.2) is 9.18 Å². The van der Waals surface area contributed by atoms with E-state index in [1.165, 1.54) is 23.4 Å². The number of hydrogen-bond donors (Lipinski definition) is 1. The van der Waals surface area contributed by atoms with E-state index in [1.807, 2.05) is 0 Å². The van der Waals surface area contributed by atoms with Gasteiger partial charge in [0.05, 0.1) is 24.6 Å². The number of nitrogens with zero attached hydrogens (tertiary/aromatic N) is 3. The summed E-state index contributed by atoms with van der Waals surface area (Å²) in [6.07, 6.45) is 4.96. The molecule has 0 aromatic carbocycles. The van der Waals surface area contributed by atoms with Crippen molar-refractivity contribution >= 4 is 11.7 Å². The summed E-state index contributed by atoms with van der Waals surface area (Å²) in [5, 5.41) is 9.85. The standard InChI is InChI=1S/C10H11FN4O/c11-8-2-1-5-15(7-8)10(16)14-9-3-4-12-13-6-9/h2-4,6H,1,5,7H2,(H,12,14,16). The summed E-state index contributed by atoms with van der Waals surface area (Å²) < 4.78 is 12.9. The van der Waals surface area contributed by atoms with Crippen molar-refractivity contribution in [2.75, 3.05) is 18.4 Å². The zero-order chi connectivity index (χ0) is 11.4. The van der Waals surface area contributed by atoms with Gasteiger partial charge in [-0.2, -0.15) is 10.2 Å². The van der Waals surface area contributed by atoms with E-state index in [1.54, 1.807) is 6.07 Å². The molecule has 84 valence electrons. The molecule has 0 saturated heterocycles. The molecule has 0 spiro atoms. The van der Waals surface area contributed by atoms with Crippen molar-refractivity contribution in [1.29, 1.82) is 0 Å². The normalized spacial score (nSPS) is 15.6. The first kappa shape index (κ1) is 10.5. The molecule has 2 rings (SSSR count). The van der Waals surface area contributed by atoms with Crippen LogP contribution in [0, 0.1) is 0 Å². The lowest BCUT2D eigenvalue weighted by molar-refractivity contribution is 0.210. The number of carbonyl (C=O) groups excluding carboxylic acids is 1. The van der Waals surface area contributed by atoms with E-state index in [0.29, 0.717) is 18.7 Å². The third-order valence-electron chi connectivity index (χ3n) is 2.23. The predicted octanol–water partition coefficient (Wildman–Crippen LogP) is 1.57. The predicted molar refractivity (Wildman–Crippen MR) is 56.4 cm³/mol. The van der Waals surface area contributed by atoms with Crippen molar-refractivity contribution in [1.82, 2.24) is 15.1 Å². The van der Waals surface area contributed by atoms with Gasteiger partial charge in [0.2, 0.25) is 0 Å². The highest BCUT2D eigenvalue weighted by Crippen LogP contribution is 2.12. The Kier molecular flexibility index (Phi) is 3.09. The highest BCUT2D eigenvalue weighted by atomic mass is 19.1. The first-order valence-corrected chi connectivity index (χ1v) is 4.93. The number of aromatic nitrogens is 2. The monoisotopic (exact) mass is 222 g/mol. The Hall–Kier alpha value is -1.98. The van der Waals surface area contributed by atoms with Gasteiger partial charge in [0.15, 0.2) is 0 Å². The average molecular weight is 222 g/mol. The Morgan fingerprint density at radius 1 is 1.50 bits per heavy atom. The molecule has 6 heteroatoms. The summed E-state index contributed by atoms with van der Waals surface area (Å²) in [5.41, 5.74) is 0.551. The second-order valence-electron chi connectivity index (χ2n) is 3.42. The van der Waals surface area contributed by atoms with Gasteiger partial charge in [-0.3, -0.25) is 0 Å². The van der Waals surface area contributed by atoms with Crippen LogP contribution in [0.5, 0.6) is 0 Å². The van der Waals surface area contributed by atoms with Crippen molar-refractivity contribution in [2.24, 2.45) is 0 Å². The fourth-order valence-corrected chi connectivity index (χ4v) is 1.44. The van der Waals surface area contributed by atoms with Crippen LogP contribution in [0.25, 0.3) is 0 Å². The molecular formula is C10H11FN4O. The minimum absolute atomic E-state index is 0.0321. The number of hydrogen-bond acceptors (Lipinski definition) is 3. The van der Waals surface area contributed by atoms with Crippen molar-refractivity contribution in [2.45, 2.75) is 6.42 Å². The van der Waals surface area contributed by atoms with Crippen LogP contribution in [-0.4, -0.2) is 34.2 Å². The van der Waals surface area contributed by atoms with Crippen LogP contribution in [0.2, 0.25) is 0 Å². The molecule has 1 aliphatic rings. The van der Waals surface area contributed by atoms with Gasteiger partial charge in [-0.15, -0.1) is 0 Å². The molecule has 16 heavy (non-hydrogen) atoms. The van der Waals surface area contributed by atoms with E-state index in [9.17, 15) is 9.18 Å². The molecule has 5 nitrogen and oxygen atoms in total. The summed E-state index contributed by atoms with van der Waals surface area (Å²) in [6, 6.07) is 1.30. The van der Waals surface area contributed by atoms with E-state index in [-0.39, 0.29) is 18.4 Å². The van der Waals surface area contributed by atoms with Crippen LogP contribution >= 0.6 is 0 Å². The molecule has 0 fully saturated rings. The molecule has 0 atom stereocenters. The maximum atomic E-state index is 12.9. The summed E-state index contributed by atoms with van der Waals surface area (Å²) >= 11 is 0. The van der Waals surface area contributed by atoms with Crippen molar-refractivity contribution in [3.8, 4) is 0 Å². The Balaban J connectivity index is 1.96. The second-order valence-corrected chi connectivity index (χ2v) is 3.42. The molecule has 0 saturated carbocycles. The molecule has 1 aromatic rings. The highest BCUT2D eigenvalue weighted by Gasteiger charge is 2.17. The molecule has 0 aliphatic carbocycles. The topological polar surface area (TPSA) is 58.1 Å². The van der Waals surface area contributed by atoms with Crippen LogP contribution in [0.1, 0.15) is 6.42 Å². The van der Waals surface area contributed by atoms with E-state index in [2.05, 4.69) is 15.5 Å². The lowest BCUT2D eigenvalue weighted by Crippen LogP contribution is -2.38. The Morgan fingerprint density at radius 2 is 2.38 bits per heavy atom. The SMILES string of the molecule is O=C(Nc1ccnnc1)N1CCC=C(F)C1. The van der Waals surface area contributed by atoms with E-state index >= 15 is 0 Å². The van der Waals surface area contributed by atoms with Crippen LogP contribution < -0.4 is 5.32 Å². The lowest BCUT2D eigenvalue weighted by atomic mass is 10.2. The molecule has 2 amide bonds. The van der Waals surface area contributed by atoms with Gasteiger partial charge in [0, 0.05) is 6.54 Å². The summed E-state index contributed by atoms with van der Waals surface area (Å²) in [4.78, 5) is 13.1. The van der Waals surface area contributed by atoms with Crippen molar-refractivity contribution in [3.63, 3.8) is 0 Å². The van der Waals surface area contributed by atoms with E-state index in [4.69, 9.17) is 0 Å². The fraction of sp³-hybridized carbons (Fsp3) is 0.300. The smallest absolute Gasteiger partial charge is 0.318 e. The maximum Gasteiger partial charge on any atom is 0.322 e. The van der Waals surface area contributed by atoms with Gasteiger partial charge in [0.25, 0.3) is 0 Å². The number of nitrogens with one attached hydrogen (secondary N) is 1. The number of halogens is 1. The zero-order valence-electron chi connectivity index (χ0n) is 8.56. The number of urea groups is 1. The minimum atomic E-state index is -0.323. The molecule has 1 N–H and O–H groups in total. The quantitative estimate of drug-likeness (QED) is 0.784. The average Bonchev–Trinajstić information content (AvgIpc) is 2.30. The van der Waals surface area contributed by atoms with Gasteiger partial charge < -0.3 is 10.2 Å². The van der Waals surface area contributed by atoms with Crippen molar-refractivity contribution < 1.29 is 9.18 Å². The molecular weight excluding hydrogens is 211 g/mol. The second kappa shape index (κ2) is 4.69. The zero-order valence-corrected chi connectivity index (χ0v) is 8.56. The minimum Gasteiger partial charge on any atom is -0.318 e. The molecule has 0 radical (unpaired) electrons.